The Morgan fingerprint density at radius 3 is 2.34 bits per heavy atom. The van der Waals surface area contributed by atoms with Crippen molar-refractivity contribution >= 4 is 51.4 Å². The number of anilines is 2. The molecule has 0 aliphatic carbocycles. The van der Waals surface area contributed by atoms with Gasteiger partial charge >= 0.3 is 178 Å². The quantitative estimate of drug-likeness (QED) is 0.393. The Morgan fingerprint density at radius 1 is 1.17 bits per heavy atom. The van der Waals surface area contributed by atoms with E-state index in [0.29, 0.717) is 23.8 Å². The fourth-order valence-corrected chi connectivity index (χ4v) is 8.28. The number of likely N-dealkylation sites (tertiary alicyclic amines) is 1. The normalized spacial score (nSPS) is 15.8. The SMILES string of the molecule is CC(C)(C)OC(=O)N1CCC(c2ccc(Cl)c(Nc3ncc(C(F)(F)F)[c]([Sn]([CH3])([CH3])[CH3])n3)c2)CC1. The van der Waals surface area contributed by atoms with E-state index < -0.39 is 35.7 Å². The van der Waals surface area contributed by atoms with Crippen LogP contribution in [0.15, 0.2) is 24.4 Å². The summed E-state index contributed by atoms with van der Waals surface area (Å²) in [5, 5.41) is 3.44. The van der Waals surface area contributed by atoms with Crippen LogP contribution in [-0.4, -0.2) is 58.0 Å². The number of aromatic nitrogens is 2. The molecule has 1 amide bonds. The maximum absolute atomic E-state index is 13.5. The summed E-state index contributed by atoms with van der Waals surface area (Å²) in [7, 11) is 0. The molecule has 2 heterocycles. The van der Waals surface area contributed by atoms with Crippen LogP contribution in [0.25, 0.3) is 0 Å². The number of ether oxygens (including phenoxy) is 1. The van der Waals surface area contributed by atoms with E-state index >= 15 is 0 Å². The zero-order valence-electron chi connectivity index (χ0n) is 20.9. The zero-order chi connectivity index (χ0) is 26.2. The van der Waals surface area contributed by atoms with Crippen LogP contribution in [0.5, 0.6) is 0 Å². The number of carbonyl (C=O) groups is 1. The Balaban J connectivity index is 1.77. The summed E-state index contributed by atoms with van der Waals surface area (Å²) in [5.74, 6) is 0.305. The molecule has 1 N–H and O–H groups in total. The van der Waals surface area contributed by atoms with Gasteiger partial charge in [0.05, 0.1) is 0 Å². The van der Waals surface area contributed by atoms with E-state index in [1.54, 1.807) is 11.0 Å². The Bertz CT molecular complexity index is 1080. The van der Waals surface area contributed by atoms with Crippen LogP contribution in [0, 0.1) is 0 Å². The van der Waals surface area contributed by atoms with Gasteiger partial charge in [0.2, 0.25) is 0 Å². The first-order chi connectivity index (χ1) is 16.0. The van der Waals surface area contributed by atoms with E-state index in [0.717, 1.165) is 24.6 Å². The van der Waals surface area contributed by atoms with Crippen molar-refractivity contribution in [3.05, 3.63) is 40.5 Å². The molecule has 1 aromatic heterocycles. The van der Waals surface area contributed by atoms with Gasteiger partial charge in [-0.05, 0) is 20.8 Å². The maximum atomic E-state index is 13.5. The fourth-order valence-electron chi connectivity index (χ4n) is 3.96. The molecule has 192 valence electrons. The van der Waals surface area contributed by atoms with Crippen LogP contribution in [-0.2, 0) is 10.9 Å². The summed E-state index contributed by atoms with van der Waals surface area (Å²) in [6, 6.07) is 5.58. The first kappa shape index (κ1) is 27.8. The average Bonchev–Trinajstić information content (AvgIpc) is 2.73. The molecule has 6 nitrogen and oxygen atoms in total. The second-order valence-corrected chi connectivity index (χ2v) is 25.4. The van der Waals surface area contributed by atoms with Crippen molar-refractivity contribution in [3.8, 4) is 0 Å². The predicted octanol–water partition coefficient (Wildman–Crippen LogP) is 6.55. The fraction of sp³-hybridized carbons (Fsp3) is 0.542. The van der Waals surface area contributed by atoms with Crippen LogP contribution in [0.4, 0.5) is 29.6 Å². The Morgan fingerprint density at radius 2 is 1.80 bits per heavy atom. The third kappa shape index (κ3) is 7.38. The molecule has 1 aromatic carbocycles. The van der Waals surface area contributed by atoms with Crippen LogP contribution >= 0.6 is 11.6 Å². The third-order valence-corrected chi connectivity index (χ3v) is 11.1. The van der Waals surface area contributed by atoms with Gasteiger partial charge in [-0.3, -0.25) is 0 Å². The van der Waals surface area contributed by atoms with Gasteiger partial charge in [0, 0.05) is 0 Å². The molecule has 1 aliphatic heterocycles. The van der Waals surface area contributed by atoms with E-state index in [9.17, 15) is 18.0 Å². The standard InChI is InChI=1S/C21H23ClF3N4O2.3CH3.Sn/c1-20(2,3)31-19(30)29-8-6-13(7-9-29)14-4-5-16(22)17(10-14)28-18-26-11-15(12-27-18)21(23,24)25;;;;/h4-5,10-11,13H,6-9H2,1-3H3,(H,26,27,28);3*1H3;. The Labute approximate surface area is 213 Å². The van der Waals surface area contributed by atoms with E-state index in [1.807, 2.05) is 47.7 Å². The number of halogens is 4. The van der Waals surface area contributed by atoms with Gasteiger partial charge in [0.15, 0.2) is 0 Å². The summed E-state index contributed by atoms with van der Waals surface area (Å²) in [6.07, 6.45) is -2.42. The van der Waals surface area contributed by atoms with Crippen molar-refractivity contribution in [1.82, 2.24) is 14.9 Å². The summed E-state index contributed by atoms with van der Waals surface area (Å²) < 4.78 is 46.1. The number of nitrogens with zero attached hydrogens (tertiary/aromatic N) is 3. The van der Waals surface area contributed by atoms with Crippen LogP contribution in [0.1, 0.15) is 50.7 Å². The minimum atomic E-state index is -4.50. The van der Waals surface area contributed by atoms with Gasteiger partial charge in [-0.1, -0.05) is 0 Å². The molecule has 0 saturated carbocycles. The van der Waals surface area contributed by atoms with Gasteiger partial charge < -0.3 is 4.74 Å². The van der Waals surface area contributed by atoms with Gasteiger partial charge in [0.1, 0.15) is 5.60 Å². The van der Waals surface area contributed by atoms with E-state index in [-0.39, 0.29) is 21.7 Å². The number of amides is 1. The second kappa shape index (κ2) is 10.3. The summed E-state index contributed by atoms with van der Waals surface area (Å²) >= 11 is 3.18. The van der Waals surface area contributed by atoms with Crippen molar-refractivity contribution < 1.29 is 22.7 Å². The number of hydrogen-bond donors (Lipinski definition) is 1. The van der Waals surface area contributed by atoms with E-state index in [2.05, 4.69) is 15.3 Å². The number of piperidine rings is 1. The van der Waals surface area contributed by atoms with Crippen molar-refractivity contribution in [2.75, 3.05) is 18.4 Å². The molecular formula is C24H32ClF3N4O2Sn. The molecule has 1 saturated heterocycles. The summed E-state index contributed by atoms with van der Waals surface area (Å²) in [6.45, 7) is 6.68. The van der Waals surface area contributed by atoms with Gasteiger partial charge in [-0.2, -0.15) is 0 Å². The molecular weight excluding hydrogens is 587 g/mol. The number of hydrogen-bond acceptors (Lipinski definition) is 5. The molecule has 3 rings (SSSR count). The van der Waals surface area contributed by atoms with E-state index in [4.69, 9.17) is 16.3 Å². The van der Waals surface area contributed by atoms with Crippen LogP contribution in [0.2, 0.25) is 19.8 Å². The molecule has 1 aliphatic rings. The molecule has 1 fully saturated rings. The third-order valence-electron chi connectivity index (χ3n) is 5.66. The van der Waals surface area contributed by atoms with Gasteiger partial charge in [-0.25, -0.2) is 4.79 Å². The molecule has 35 heavy (non-hydrogen) atoms. The summed E-state index contributed by atoms with van der Waals surface area (Å²) in [4.78, 5) is 27.9. The van der Waals surface area contributed by atoms with Crippen molar-refractivity contribution in [2.24, 2.45) is 0 Å². The Kier molecular flexibility index (Phi) is 8.20. The number of alkyl halides is 3. The predicted molar refractivity (Wildman–Crippen MR) is 135 cm³/mol. The molecule has 2 aromatic rings. The number of carbonyl (C=O) groups excluding carboxylic acids is 1. The molecule has 0 radical (unpaired) electrons. The average molecular weight is 620 g/mol. The number of rotatable bonds is 4. The minimum absolute atomic E-state index is 0.0958. The molecule has 0 spiro atoms. The topological polar surface area (TPSA) is 67.3 Å². The van der Waals surface area contributed by atoms with Crippen molar-refractivity contribution in [2.45, 2.75) is 66.1 Å². The molecule has 0 unspecified atom stereocenters. The molecule has 0 bridgehead atoms. The van der Waals surface area contributed by atoms with Crippen LogP contribution < -0.4 is 9.03 Å². The van der Waals surface area contributed by atoms with Gasteiger partial charge in [0.25, 0.3) is 0 Å². The van der Waals surface area contributed by atoms with Crippen LogP contribution in [0.3, 0.4) is 0 Å². The van der Waals surface area contributed by atoms with E-state index in [1.165, 1.54) is 0 Å². The number of benzene rings is 1. The first-order valence-corrected chi connectivity index (χ1v) is 21.9. The Hall–Kier alpha value is -1.75. The summed E-state index contributed by atoms with van der Waals surface area (Å²) in [5.41, 5.74) is 0.265. The van der Waals surface area contributed by atoms with Crippen molar-refractivity contribution in [3.63, 3.8) is 0 Å². The number of nitrogens with one attached hydrogen (secondary N) is 1. The second-order valence-electron chi connectivity index (χ2n) is 10.8. The van der Waals surface area contributed by atoms with Crippen molar-refractivity contribution in [1.29, 1.82) is 0 Å². The molecule has 11 heteroatoms. The molecule has 0 atom stereocenters. The zero-order valence-corrected chi connectivity index (χ0v) is 24.5. The van der Waals surface area contributed by atoms with Gasteiger partial charge in [-0.15, -0.1) is 0 Å². The first-order valence-electron chi connectivity index (χ1n) is 11.5. The monoisotopic (exact) mass is 620 g/mol.